The molecule has 0 saturated carbocycles. The second-order valence-electron chi connectivity index (χ2n) is 6.15. The van der Waals surface area contributed by atoms with Gasteiger partial charge < -0.3 is 9.84 Å². The molecule has 6 nitrogen and oxygen atoms in total. The number of amides is 1. The molecule has 0 radical (unpaired) electrons. The number of nitrogens with one attached hydrogen (secondary N) is 1. The van der Waals surface area contributed by atoms with Crippen LogP contribution in [0.15, 0.2) is 28.8 Å². The summed E-state index contributed by atoms with van der Waals surface area (Å²) in [4.78, 5) is 18.6. The van der Waals surface area contributed by atoms with Crippen molar-refractivity contribution in [1.82, 2.24) is 15.0 Å². The summed E-state index contributed by atoms with van der Waals surface area (Å²) in [6.07, 6.45) is 1.89. The van der Waals surface area contributed by atoms with Crippen LogP contribution >= 0.6 is 0 Å². The van der Waals surface area contributed by atoms with E-state index >= 15 is 0 Å². The van der Waals surface area contributed by atoms with Crippen molar-refractivity contribution in [3.8, 4) is 0 Å². The molecular formula is C17H22N4O2. The van der Waals surface area contributed by atoms with E-state index < -0.39 is 0 Å². The molecule has 0 unspecified atom stereocenters. The van der Waals surface area contributed by atoms with Gasteiger partial charge in [-0.3, -0.25) is 9.69 Å². The number of hydrogen-bond acceptors (Lipinski definition) is 5. The summed E-state index contributed by atoms with van der Waals surface area (Å²) in [6.45, 7) is 6.00. The second kappa shape index (κ2) is 6.91. The topological polar surface area (TPSA) is 71.3 Å². The molecule has 2 aromatic rings. The Kier molecular flexibility index (Phi) is 4.71. The molecule has 23 heavy (non-hydrogen) atoms. The Balaban J connectivity index is 1.47. The number of aromatic nitrogens is 2. The number of anilines is 1. The number of carbonyl (C=O) groups excluding carboxylic acids is 1. The van der Waals surface area contributed by atoms with E-state index in [9.17, 15) is 4.79 Å². The third-order valence-electron chi connectivity index (χ3n) is 4.15. The third kappa shape index (κ3) is 4.16. The van der Waals surface area contributed by atoms with Crippen LogP contribution in [0.2, 0.25) is 0 Å². The average Bonchev–Trinajstić information content (AvgIpc) is 2.94. The van der Waals surface area contributed by atoms with Gasteiger partial charge in [-0.15, -0.1) is 0 Å². The minimum Gasteiger partial charge on any atom is -0.339 e. The van der Waals surface area contributed by atoms with E-state index in [2.05, 4.69) is 20.4 Å². The number of hydrogen-bond donors (Lipinski definition) is 1. The van der Waals surface area contributed by atoms with Gasteiger partial charge in [0.05, 0.1) is 6.54 Å². The van der Waals surface area contributed by atoms with Gasteiger partial charge in [-0.1, -0.05) is 17.3 Å². The highest BCUT2D eigenvalue weighted by atomic mass is 16.5. The Hall–Kier alpha value is -2.21. The summed E-state index contributed by atoms with van der Waals surface area (Å²) in [6, 6.07) is 7.85. The minimum atomic E-state index is 0.0303. The van der Waals surface area contributed by atoms with Crippen LogP contribution in [-0.2, 0) is 4.79 Å². The molecule has 0 atom stereocenters. The van der Waals surface area contributed by atoms with E-state index in [1.165, 1.54) is 0 Å². The molecular weight excluding hydrogens is 292 g/mol. The molecule has 3 rings (SSSR count). The molecule has 1 aromatic heterocycles. The predicted octanol–water partition coefficient (Wildman–Crippen LogP) is 2.50. The molecule has 1 saturated heterocycles. The molecule has 0 spiro atoms. The van der Waals surface area contributed by atoms with Gasteiger partial charge in [0, 0.05) is 11.6 Å². The van der Waals surface area contributed by atoms with Crippen LogP contribution in [0.3, 0.4) is 0 Å². The summed E-state index contributed by atoms with van der Waals surface area (Å²) in [7, 11) is 0. The average molecular weight is 314 g/mol. The maximum atomic E-state index is 12.2. The van der Waals surface area contributed by atoms with Gasteiger partial charge in [0.15, 0.2) is 5.82 Å². The molecule has 1 N–H and O–H groups in total. The van der Waals surface area contributed by atoms with Crippen molar-refractivity contribution in [2.75, 3.05) is 25.0 Å². The Morgan fingerprint density at radius 1 is 1.35 bits per heavy atom. The second-order valence-corrected chi connectivity index (χ2v) is 6.15. The first kappa shape index (κ1) is 15.7. The molecule has 122 valence electrons. The zero-order valence-corrected chi connectivity index (χ0v) is 13.6. The lowest BCUT2D eigenvalue weighted by Gasteiger charge is -2.29. The molecule has 2 heterocycles. The Bertz CT molecular complexity index is 675. The molecule has 6 heteroatoms. The number of piperidine rings is 1. The van der Waals surface area contributed by atoms with Gasteiger partial charge in [0.1, 0.15) is 0 Å². The van der Waals surface area contributed by atoms with Gasteiger partial charge in [0.25, 0.3) is 0 Å². The van der Waals surface area contributed by atoms with Crippen molar-refractivity contribution in [1.29, 1.82) is 0 Å². The lowest BCUT2D eigenvalue weighted by atomic mass is 9.97. The van der Waals surface area contributed by atoms with Crippen LogP contribution < -0.4 is 5.32 Å². The fraction of sp³-hybridized carbons (Fsp3) is 0.471. The highest BCUT2D eigenvalue weighted by Gasteiger charge is 2.25. The van der Waals surface area contributed by atoms with E-state index in [4.69, 9.17) is 4.52 Å². The molecule has 0 bridgehead atoms. The summed E-state index contributed by atoms with van der Waals surface area (Å²) in [5, 5.41) is 6.80. The fourth-order valence-electron chi connectivity index (χ4n) is 2.94. The largest absolute Gasteiger partial charge is 0.339 e. The number of rotatable bonds is 4. The standard InChI is InChI=1S/C17H22N4O2/c1-12-4-3-5-15(10-12)19-16(22)11-21-8-6-14(7-9-21)17-18-13(2)20-23-17/h3-5,10,14H,6-9,11H2,1-2H3,(H,19,22). The van der Waals surface area contributed by atoms with Crippen molar-refractivity contribution >= 4 is 11.6 Å². The van der Waals surface area contributed by atoms with Crippen LogP contribution in [0.25, 0.3) is 0 Å². The van der Waals surface area contributed by atoms with Gasteiger partial charge in [-0.2, -0.15) is 4.98 Å². The van der Waals surface area contributed by atoms with E-state index in [1.54, 1.807) is 0 Å². The van der Waals surface area contributed by atoms with E-state index in [0.717, 1.165) is 43.1 Å². The quantitative estimate of drug-likeness (QED) is 0.939. The van der Waals surface area contributed by atoms with Crippen molar-refractivity contribution in [3.63, 3.8) is 0 Å². The lowest BCUT2D eigenvalue weighted by molar-refractivity contribution is -0.117. The van der Waals surface area contributed by atoms with Gasteiger partial charge in [-0.25, -0.2) is 0 Å². The predicted molar refractivity (Wildman–Crippen MR) is 87.3 cm³/mol. The molecule has 1 aliphatic rings. The highest BCUT2D eigenvalue weighted by Crippen LogP contribution is 2.26. The molecule has 1 amide bonds. The fourth-order valence-corrected chi connectivity index (χ4v) is 2.94. The summed E-state index contributed by atoms with van der Waals surface area (Å²) in [5.41, 5.74) is 1.99. The van der Waals surface area contributed by atoms with Gasteiger partial charge in [-0.05, 0) is 57.5 Å². The van der Waals surface area contributed by atoms with Crippen LogP contribution in [0.5, 0.6) is 0 Å². The van der Waals surface area contributed by atoms with Crippen LogP contribution in [0.1, 0.15) is 36.0 Å². The SMILES string of the molecule is Cc1cccc(NC(=O)CN2CCC(c3nc(C)no3)CC2)c1. The number of nitrogens with zero attached hydrogens (tertiary/aromatic N) is 3. The zero-order chi connectivity index (χ0) is 16.2. The number of carbonyl (C=O) groups is 1. The monoisotopic (exact) mass is 314 g/mol. The number of likely N-dealkylation sites (tertiary alicyclic amines) is 1. The van der Waals surface area contributed by atoms with Crippen LogP contribution in [-0.4, -0.2) is 40.6 Å². The van der Waals surface area contributed by atoms with Crippen molar-refractivity contribution < 1.29 is 9.32 Å². The number of benzene rings is 1. The first-order valence-electron chi connectivity index (χ1n) is 7.99. The summed E-state index contributed by atoms with van der Waals surface area (Å²) < 4.78 is 5.25. The highest BCUT2D eigenvalue weighted by molar-refractivity contribution is 5.92. The van der Waals surface area contributed by atoms with Crippen LogP contribution in [0.4, 0.5) is 5.69 Å². The Morgan fingerprint density at radius 2 is 2.13 bits per heavy atom. The molecule has 1 aliphatic heterocycles. The first-order chi connectivity index (χ1) is 11.1. The van der Waals surface area contributed by atoms with Crippen LogP contribution in [0, 0.1) is 13.8 Å². The number of aryl methyl sites for hydroxylation is 2. The Morgan fingerprint density at radius 3 is 2.78 bits per heavy atom. The maximum absolute atomic E-state index is 12.2. The van der Waals surface area contributed by atoms with Crippen molar-refractivity contribution in [3.05, 3.63) is 41.5 Å². The van der Waals surface area contributed by atoms with Crippen molar-refractivity contribution in [2.24, 2.45) is 0 Å². The Labute approximate surface area is 135 Å². The van der Waals surface area contributed by atoms with Crippen molar-refractivity contribution in [2.45, 2.75) is 32.6 Å². The first-order valence-corrected chi connectivity index (χ1v) is 7.99. The maximum Gasteiger partial charge on any atom is 0.238 e. The van der Waals surface area contributed by atoms with Gasteiger partial charge in [0.2, 0.25) is 11.8 Å². The normalized spacial score (nSPS) is 16.4. The van der Waals surface area contributed by atoms with E-state index in [0.29, 0.717) is 18.3 Å². The minimum absolute atomic E-state index is 0.0303. The lowest BCUT2D eigenvalue weighted by Crippen LogP contribution is -2.38. The van der Waals surface area contributed by atoms with E-state index in [1.807, 2.05) is 38.1 Å². The summed E-state index contributed by atoms with van der Waals surface area (Å²) >= 11 is 0. The zero-order valence-electron chi connectivity index (χ0n) is 13.6. The van der Waals surface area contributed by atoms with E-state index in [-0.39, 0.29) is 5.91 Å². The molecule has 1 aromatic carbocycles. The third-order valence-corrected chi connectivity index (χ3v) is 4.15. The smallest absolute Gasteiger partial charge is 0.238 e. The molecule has 0 aliphatic carbocycles. The molecule has 1 fully saturated rings. The van der Waals surface area contributed by atoms with Gasteiger partial charge >= 0.3 is 0 Å². The summed E-state index contributed by atoms with van der Waals surface area (Å²) in [5.74, 6) is 1.75.